The van der Waals surface area contributed by atoms with Crippen LogP contribution in [0.5, 0.6) is 11.5 Å². The van der Waals surface area contributed by atoms with E-state index in [1.165, 1.54) is 36.6 Å². The summed E-state index contributed by atoms with van der Waals surface area (Å²) in [5, 5.41) is 12.9. The highest BCUT2D eigenvalue weighted by molar-refractivity contribution is 6.32. The maximum Gasteiger partial charge on any atom is 0.216 e. The van der Waals surface area contributed by atoms with Crippen LogP contribution in [0.4, 0.5) is 4.39 Å². The van der Waals surface area contributed by atoms with Crippen LogP contribution in [0.2, 0.25) is 10.0 Å². The SMILES string of the molecule is C=C(O/C(Cc1ccc(Cl)c(Oc2cc(Cl)cc(C#N)c2)c1F)=N\N)c1occc1C. The van der Waals surface area contributed by atoms with Gasteiger partial charge in [0, 0.05) is 10.6 Å². The number of halogens is 3. The molecule has 0 radical (unpaired) electrons. The molecule has 0 atom stereocenters. The Bertz CT molecular complexity index is 1220. The Morgan fingerprint density at radius 1 is 1.29 bits per heavy atom. The van der Waals surface area contributed by atoms with Crippen molar-refractivity contribution in [2.45, 2.75) is 13.3 Å². The first-order valence-corrected chi connectivity index (χ1v) is 9.61. The van der Waals surface area contributed by atoms with Gasteiger partial charge in [-0.3, -0.25) is 0 Å². The van der Waals surface area contributed by atoms with E-state index in [1.807, 2.05) is 13.0 Å². The van der Waals surface area contributed by atoms with E-state index in [4.69, 9.17) is 48.2 Å². The van der Waals surface area contributed by atoms with Crippen molar-refractivity contribution in [3.8, 4) is 17.6 Å². The van der Waals surface area contributed by atoms with E-state index in [0.29, 0.717) is 5.76 Å². The molecule has 0 spiro atoms. The third kappa shape index (κ3) is 5.18. The lowest BCUT2D eigenvalue weighted by Crippen LogP contribution is -2.12. The van der Waals surface area contributed by atoms with Gasteiger partial charge < -0.3 is 19.7 Å². The highest BCUT2D eigenvalue weighted by atomic mass is 35.5. The van der Waals surface area contributed by atoms with Crippen molar-refractivity contribution in [2.75, 3.05) is 0 Å². The van der Waals surface area contributed by atoms with Gasteiger partial charge in [-0.15, -0.1) is 5.10 Å². The smallest absolute Gasteiger partial charge is 0.216 e. The third-order valence-corrected chi connectivity index (χ3v) is 4.71. The summed E-state index contributed by atoms with van der Waals surface area (Å²) in [6.45, 7) is 5.61. The number of hydrogen-bond donors (Lipinski definition) is 1. The van der Waals surface area contributed by atoms with Gasteiger partial charge in [0.05, 0.1) is 29.3 Å². The van der Waals surface area contributed by atoms with E-state index in [-0.39, 0.29) is 50.7 Å². The average molecular weight is 460 g/mol. The molecule has 3 rings (SSSR count). The molecule has 0 saturated heterocycles. The van der Waals surface area contributed by atoms with E-state index in [9.17, 15) is 0 Å². The van der Waals surface area contributed by atoms with Crippen LogP contribution < -0.4 is 10.6 Å². The second-order valence-electron chi connectivity index (χ2n) is 6.40. The summed E-state index contributed by atoms with van der Waals surface area (Å²) in [4.78, 5) is 0. The summed E-state index contributed by atoms with van der Waals surface area (Å²) in [5.74, 6) is 5.21. The number of aryl methyl sites for hydroxylation is 1. The molecular formula is C22H16Cl2FN3O3. The lowest BCUT2D eigenvalue weighted by atomic mass is 10.1. The summed E-state index contributed by atoms with van der Waals surface area (Å²) >= 11 is 12.1. The zero-order valence-corrected chi connectivity index (χ0v) is 17.8. The van der Waals surface area contributed by atoms with E-state index in [1.54, 1.807) is 6.07 Å². The molecular weight excluding hydrogens is 444 g/mol. The quantitative estimate of drug-likeness (QED) is 0.155. The molecule has 0 saturated carbocycles. The zero-order valence-electron chi connectivity index (χ0n) is 16.3. The van der Waals surface area contributed by atoms with Crippen molar-refractivity contribution in [2.24, 2.45) is 10.9 Å². The Morgan fingerprint density at radius 2 is 2.06 bits per heavy atom. The highest BCUT2D eigenvalue weighted by Crippen LogP contribution is 2.35. The number of rotatable bonds is 6. The van der Waals surface area contributed by atoms with E-state index in [0.717, 1.165) is 5.56 Å². The fourth-order valence-electron chi connectivity index (χ4n) is 2.73. The van der Waals surface area contributed by atoms with E-state index in [2.05, 4.69) is 11.7 Å². The fourth-order valence-corrected chi connectivity index (χ4v) is 3.13. The van der Waals surface area contributed by atoms with Crippen LogP contribution in [0.1, 0.15) is 22.5 Å². The Kier molecular flexibility index (Phi) is 6.85. The first-order valence-electron chi connectivity index (χ1n) is 8.85. The molecule has 2 N–H and O–H groups in total. The lowest BCUT2D eigenvalue weighted by molar-refractivity contribution is 0.434. The zero-order chi connectivity index (χ0) is 22.5. The summed E-state index contributed by atoms with van der Waals surface area (Å²) < 4.78 is 31.6. The van der Waals surface area contributed by atoms with Crippen LogP contribution in [0.3, 0.4) is 0 Å². The van der Waals surface area contributed by atoms with E-state index >= 15 is 4.39 Å². The van der Waals surface area contributed by atoms with Crippen LogP contribution in [0.25, 0.3) is 5.76 Å². The van der Waals surface area contributed by atoms with Crippen LogP contribution in [0.15, 0.2) is 58.8 Å². The van der Waals surface area contributed by atoms with Gasteiger partial charge in [0.1, 0.15) is 5.75 Å². The molecule has 158 valence electrons. The van der Waals surface area contributed by atoms with E-state index < -0.39 is 5.82 Å². The Morgan fingerprint density at radius 3 is 2.71 bits per heavy atom. The summed E-state index contributed by atoms with van der Waals surface area (Å²) in [7, 11) is 0. The normalized spacial score (nSPS) is 11.1. The standard InChI is InChI=1S/C22H16Cl2FN3O3/c1-12-5-6-29-21(12)13(2)30-19(28-27)9-15-3-4-18(24)22(20(15)25)31-17-8-14(11-26)7-16(23)10-17/h3-8,10H,2,9,27H2,1H3/b28-19-. The van der Waals surface area contributed by atoms with Gasteiger partial charge in [0.2, 0.25) is 5.90 Å². The molecule has 1 aromatic heterocycles. The maximum atomic E-state index is 15.2. The highest BCUT2D eigenvalue weighted by Gasteiger charge is 2.19. The molecule has 3 aromatic rings. The van der Waals surface area contributed by atoms with Crippen molar-refractivity contribution in [3.05, 3.63) is 87.6 Å². The first kappa shape index (κ1) is 22.2. The van der Waals surface area contributed by atoms with Crippen molar-refractivity contribution >= 4 is 34.9 Å². The van der Waals surface area contributed by atoms with Gasteiger partial charge in [0.15, 0.2) is 23.1 Å². The Labute approximate surface area is 187 Å². The maximum absolute atomic E-state index is 15.2. The average Bonchev–Trinajstić information content (AvgIpc) is 3.18. The first-order chi connectivity index (χ1) is 14.8. The topological polar surface area (TPSA) is 93.8 Å². The van der Waals surface area contributed by atoms with Gasteiger partial charge in [-0.05, 0) is 42.8 Å². The Hall–Kier alpha value is -3.47. The molecule has 31 heavy (non-hydrogen) atoms. The summed E-state index contributed by atoms with van der Waals surface area (Å²) in [6.07, 6.45) is 1.39. The molecule has 1 heterocycles. The van der Waals surface area contributed by atoms with Gasteiger partial charge in [-0.25, -0.2) is 4.39 Å². The third-order valence-electron chi connectivity index (χ3n) is 4.19. The molecule has 0 aliphatic rings. The Balaban J connectivity index is 1.84. The van der Waals surface area contributed by atoms with Crippen molar-refractivity contribution in [1.82, 2.24) is 0 Å². The molecule has 0 aliphatic heterocycles. The van der Waals surface area contributed by atoms with Crippen LogP contribution in [-0.4, -0.2) is 5.90 Å². The number of nitrogens with two attached hydrogens (primary N) is 1. The summed E-state index contributed by atoms with van der Waals surface area (Å²) in [5.41, 5.74) is 1.23. The van der Waals surface area contributed by atoms with Crippen LogP contribution >= 0.6 is 23.2 Å². The summed E-state index contributed by atoms with van der Waals surface area (Å²) in [6, 6.07) is 10.9. The molecule has 0 amide bonds. The monoisotopic (exact) mass is 459 g/mol. The molecule has 2 aromatic carbocycles. The molecule has 0 bridgehead atoms. The molecule has 0 unspecified atom stereocenters. The van der Waals surface area contributed by atoms with Crippen LogP contribution in [-0.2, 0) is 11.2 Å². The minimum absolute atomic E-state index is 0.00231. The number of nitriles is 1. The minimum Gasteiger partial charge on any atom is -0.461 e. The fraction of sp³-hybridized carbons (Fsp3) is 0.0909. The van der Waals surface area contributed by atoms with Gasteiger partial charge >= 0.3 is 0 Å². The number of nitrogens with zero attached hydrogens (tertiary/aromatic N) is 2. The van der Waals surface area contributed by atoms with Crippen LogP contribution in [0, 0.1) is 24.1 Å². The second-order valence-corrected chi connectivity index (χ2v) is 7.24. The predicted molar refractivity (Wildman–Crippen MR) is 117 cm³/mol. The number of benzene rings is 2. The molecule has 6 nitrogen and oxygen atoms in total. The van der Waals surface area contributed by atoms with Gasteiger partial charge in [-0.1, -0.05) is 35.8 Å². The predicted octanol–water partition coefficient (Wildman–Crippen LogP) is 6.20. The van der Waals surface area contributed by atoms with Crippen molar-refractivity contribution in [1.29, 1.82) is 5.26 Å². The number of hydrazone groups is 1. The van der Waals surface area contributed by atoms with Crippen molar-refractivity contribution < 1.29 is 18.3 Å². The number of furan rings is 1. The van der Waals surface area contributed by atoms with Gasteiger partial charge in [-0.2, -0.15) is 5.26 Å². The largest absolute Gasteiger partial charge is 0.461 e. The molecule has 9 heteroatoms. The lowest BCUT2D eigenvalue weighted by Gasteiger charge is -2.14. The van der Waals surface area contributed by atoms with Gasteiger partial charge in [0.25, 0.3) is 0 Å². The molecule has 0 fully saturated rings. The number of ether oxygens (including phenoxy) is 2. The molecule has 0 aliphatic carbocycles. The minimum atomic E-state index is -0.740. The number of hydrogen-bond acceptors (Lipinski definition) is 6. The van der Waals surface area contributed by atoms with Crippen molar-refractivity contribution in [3.63, 3.8) is 0 Å². The second kappa shape index (κ2) is 9.56.